The number of nitrogens with one attached hydrogen (secondary N) is 1. The van der Waals surface area contributed by atoms with Crippen molar-refractivity contribution in [3.05, 3.63) is 45.9 Å². The maximum atomic E-state index is 12.0. The van der Waals surface area contributed by atoms with Gasteiger partial charge in [0, 0.05) is 49.6 Å². The number of para-hydroxylation sites is 1. The molecule has 2 aliphatic rings. The van der Waals surface area contributed by atoms with E-state index in [1.807, 2.05) is 4.90 Å². The Bertz CT molecular complexity index is 915. The highest BCUT2D eigenvalue weighted by atomic mass is 127. The minimum Gasteiger partial charge on any atom is -0.356 e. The number of nitrogens with zero attached hydrogens (tertiary/aromatic N) is 4. The van der Waals surface area contributed by atoms with Gasteiger partial charge in [-0.25, -0.2) is 9.98 Å². The molecule has 1 fully saturated rings. The lowest BCUT2D eigenvalue weighted by molar-refractivity contribution is -0.127. The van der Waals surface area contributed by atoms with E-state index in [2.05, 4.69) is 58.7 Å². The molecule has 3 heterocycles. The van der Waals surface area contributed by atoms with Crippen LogP contribution in [0.5, 0.6) is 0 Å². The zero-order chi connectivity index (χ0) is 20.9. The van der Waals surface area contributed by atoms with Crippen LogP contribution in [0.2, 0.25) is 0 Å². The van der Waals surface area contributed by atoms with Gasteiger partial charge in [-0.05, 0) is 37.8 Å². The molecular formula is C23H32IN5OS. The Kier molecular flexibility index (Phi) is 8.71. The summed E-state index contributed by atoms with van der Waals surface area (Å²) in [7, 11) is 0. The molecule has 1 saturated heterocycles. The third kappa shape index (κ3) is 5.58. The number of amides is 1. The van der Waals surface area contributed by atoms with Crippen LogP contribution < -0.4 is 10.2 Å². The second-order valence-corrected chi connectivity index (χ2v) is 8.84. The minimum absolute atomic E-state index is 0. The Hall–Kier alpha value is -1.68. The molecule has 1 aromatic heterocycles. The summed E-state index contributed by atoms with van der Waals surface area (Å²) < 4.78 is 0. The first-order valence-electron chi connectivity index (χ1n) is 11.1. The number of fused-ring (bicyclic) bond motifs is 1. The molecule has 1 atom stereocenters. The second-order valence-electron chi connectivity index (χ2n) is 7.90. The van der Waals surface area contributed by atoms with Gasteiger partial charge in [0.05, 0.1) is 17.2 Å². The molecule has 2 aromatic rings. The molecule has 4 rings (SSSR count). The van der Waals surface area contributed by atoms with E-state index >= 15 is 0 Å². The number of rotatable bonds is 7. The molecule has 0 bridgehead atoms. The zero-order valence-corrected chi connectivity index (χ0v) is 21.5. The number of hydrogen-bond acceptors (Lipinski definition) is 4. The van der Waals surface area contributed by atoms with Gasteiger partial charge in [-0.15, -0.1) is 35.3 Å². The lowest BCUT2D eigenvalue weighted by atomic mass is 9.98. The molecule has 1 N–H and O–H groups in total. The van der Waals surface area contributed by atoms with E-state index in [0.29, 0.717) is 24.8 Å². The van der Waals surface area contributed by atoms with Crippen molar-refractivity contribution in [3.63, 3.8) is 0 Å². The predicted molar refractivity (Wildman–Crippen MR) is 139 cm³/mol. The van der Waals surface area contributed by atoms with Crippen molar-refractivity contribution in [1.82, 2.24) is 15.2 Å². The van der Waals surface area contributed by atoms with Gasteiger partial charge in [0.15, 0.2) is 5.96 Å². The van der Waals surface area contributed by atoms with Gasteiger partial charge < -0.3 is 15.1 Å². The molecule has 0 aliphatic carbocycles. The van der Waals surface area contributed by atoms with Crippen molar-refractivity contribution in [2.75, 3.05) is 31.1 Å². The first-order chi connectivity index (χ1) is 14.7. The molecule has 8 heteroatoms. The third-order valence-corrected chi connectivity index (χ3v) is 6.91. The van der Waals surface area contributed by atoms with Gasteiger partial charge >= 0.3 is 0 Å². The van der Waals surface area contributed by atoms with E-state index in [1.165, 1.54) is 11.3 Å². The number of thiazole rings is 1. The summed E-state index contributed by atoms with van der Waals surface area (Å²) in [5.74, 6) is 1.63. The van der Waals surface area contributed by atoms with Crippen molar-refractivity contribution in [2.45, 2.75) is 52.0 Å². The van der Waals surface area contributed by atoms with Crippen LogP contribution in [0.15, 0.2) is 34.6 Å². The average Bonchev–Trinajstić information content (AvgIpc) is 3.48. The van der Waals surface area contributed by atoms with E-state index in [4.69, 9.17) is 4.99 Å². The number of benzene rings is 1. The summed E-state index contributed by atoms with van der Waals surface area (Å²) in [4.78, 5) is 25.9. The molecule has 0 spiro atoms. The van der Waals surface area contributed by atoms with Crippen LogP contribution in [0.1, 0.15) is 55.3 Å². The van der Waals surface area contributed by atoms with Crippen LogP contribution in [-0.4, -0.2) is 47.9 Å². The fraction of sp³-hybridized carbons (Fsp3) is 0.522. The Morgan fingerprint density at radius 2 is 2.16 bits per heavy atom. The lowest BCUT2D eigenvalue weighted by Crippen LogP contribution is -2.41. The Morgan fingerprint density at radius 3 is 2.87 bits per heavy atom. The number of carbonyl (C=O) groups is 1. The molecule has 0 radical (unpaired) electrons. The van der Waals surface area contributed by atoms with Crippen molar-refractivity contribution in [1.29, 1.82) is 0 Å². The molecule has 1 unspecified atom stereocenters. The summed E-state index contributed by atoms with van der Waals surface area (Å²) >= 11 is 1.71. The summed E-state index contributed by atoms with van der Waals surface area (Å²) in [6.07, 6.45) is 3.67. The zero-order valence-electron chi connectivity index (χ0n) is 18.3. The lowest BCUT2D eigenvalue weighted by Gasteiger charge is -2.23. The number of anilines is 1. The van der Waals surface area contributed by atoms with Gasteiger partial charge in [-0.1, -0.05) is 25.1 Å². The number of likely N-dealkylation sites (tertiary alicyclic amines) is 1. The van der Waals surface area contributed by atoms with Crippen LogP contribution in [0.3, 0.4) is 0 Å². The summed E-state index contributed by atoms with van der Waals surface area (Å²) in [6.45, 7) is 8.29. The Morgan fingerprint density at radius 1 is 1.32 bits per heavy atom. The van der Waals surface area contributed by atoms with E-state index in [1.54, 1.807) is 11.3 Å². The number of aromatic nitrogens is 1. The molecule has 0 saturated carbocycles. The van der Waals surface area contributed by atoms with Gasteiger partial charge in [0.25, 0.3) is 0 Å². The van der Waals surface area contributed by atoms with Crippen LogP contribution >= 0.6 is 35.3 Å². The van der Waals surface area contributed by atoms with Gasteiger partial charge in [-0.3, -0.25) is 4.79 Å². The Balaban J connectivity index is 0.00000272. The first-order valence-corrected chi connectivity index (χ1v) is 11.9. The maximum absolute atomic E-state index is 12.0. The van der Waals surface area contributed by atoms with Gasteiger partial charge in [-0.2, -0.15) is 0 Å². The molecule has 31 heavy (non-hydrogen) atoms. The van der Waals surface area contributed by atoms with Gasteiger partial charge in [0.2, 0.25) is 5.91 Å². The molecule has 6 nitrogen and oxygen atoms in total. The highest BCUT2D eigenvalue weighted by Crippen LogP contribution is 2.38. The SMILES string of the molecule is CCNC(=NCc1csc(CC)n1)N1CC(CCN2CCCC2=O)c2ccccc21.I. The largest absolute Gasteiger partial charge is 0.356 e. The molecule has 168 valence electrons. The molecule has 1 aromatic carbocycles. The summed E-state index contributed by atoms with van der Waals surface area (Å²) in [6, 6.07) is 8.61. The highest BCUT2D eigenvalue weighted by Gasteiger charge is 2.32. The molecule has 1 amide bonds. The fourth-order valence-electron chi connectivity index (χ4n) is 4.33. The average molecular weight is 554 g/mol. The smallest absolute Gasteiger partial charge is 0.222 e. The topological polar surface area (TPSA) is 60.8 Å². The van der Waals surface area contributed by atoms with Crippen molar-refractivity contribution < 1.29 is 4.79 Å². The normalized spacial score (nSPS) is 18.3. The summed E-state index contributed by atoms with van der Waals surface area (Å²) in [5, 5.41) is 6.74. The number of halogens is 1. The molecule has 2 aliphatic heterocycles. The van der Waals surface area contributed by atoms with Crippen molar-refractivity contribution in [3.8, 4) is 0 Å². The number of aliphatic imine (C=N–C) groups is 1. The summed E-state index contributed by atoms with van der Waals surface area (Å²) in [5.41, 5.74) is 3.61. The van der Waals surface area contributed by atoms with Crippen LogP contribution in [0.25, 0.3) is 0 Å². The highest BCUT2D eigenvalue weighted by molar-refractivity contribution is 14.0. The van der Waals surface area contributed by atoms with Crippen LogP contribution in [0.4, 0.5) is 5.69 Å². The van der Waals surface area contributed by atoms with Gasteiger partial charge in [0.1, 0.15) is 0 Å². The fourth-order valence-corrected chi connectivity index (χ4v) is 5.07. The van der Waals surface area contributed by atoms with Crippen molar-refractivity contribution >= 4 is 52.9 Å². The first kappa shape index (κ1) is 24.0. The maximum Gasteiger partial charge on any atom is 0.222 e. The molecular weight excluding hydrogens is 521 g/mol. The van der Waals surface area contributed by atoms with E-state index in [-0.39, 0.29) is 24.0 Å². The number of guanidine groups is 1. The number of hydrogen-bond donors (Lipinski definition) is 1. The monoisotopic (exact) mass is 553 g/mol. The number of carbonyl (C=O) groups excluding carboxylic acids is 1. The van der Waals surface area contributed by atoms with Crippen LogP contribution in [0, 0.1) is 0 Å². The quantitative estimate of drug-likeness (QED) is 0.314. The van der Waals surface area contributed by atoms with E-state index in [0.717, 1.165) is 62.1 Å². The van der Waals surface area contributed by atoms with Crippen LogP contribution in [-0.2, 0) is 17.8 Å². The predicted octanol–water partition coefficient (Wildman–Crippen LogP) is 4.41. The second kappa shape index (κ2) is 11.3. The third-order valence-electron chi connectivity index (χ3n) is 5.87. The van der Waals surface area contributed by atoms with E-state index < -0.39 is 0 Å². The minimum atomic E-state index is 0. The Labute approximate surface area is 206 Å². The van der Waals surface area contributed by atoms with Crippen molar-refractivity contribution in [2.24, 2.45) is 4.99 Å². The van der Waals surface area contributed by atoms with E-state index in [9.17, 15) is 4.79 Å². The standard InChI is InChI=1S/C23H31N5OS.HI/c1-3-21-26-18(16-30-21)14-25-23(24-4-2)28-15-17(19-8-5-6-9-20(19)28)11-13-27-12-7-10-22(27)29;/h5-6,8-9,16-17H,3-4,7,10-15H2,1-2H3,(H,24,25);1H. The number of aryl methyl sites for hydroxylation is 1.